The second kappa shape index (κ2) is 12.1. The molecule has 1 aromatic heterocycles. The van der Waals surface area contributed by atoms with Crippen LogP contribution in [0.5, 0.6) is 11.5 Å². The van der Waals surface area contributed by atoms with Gasteiger partial charge in [0, 0.05) is 23.9 Å². The van der Waals surface area contributed by atoms with Crippen molar-refractivity contribution in [1.29, 1.82) is 0 Å². The van der Waals surface area contributed by atoms with E-state index in [1.807, 2.05) is 13.0 Å². The number of fused-ring (bicyclic) bond motifs is 1. The molecule has 3 aromatic carbocycles. The first kappa shape index (κ1) is 27.2. The summed E-state index contributed by atoms with van der Waals surface area (Å²) in [7, 11) is 2.89. The Bertz CT molecular complexity index is 1610. The summed E-state index contributed by atoms with van der Waals surface area (Å²) in [5.74, 6) is -0.00290. The van der Waals surface area contributed by atoms with Crippen LogP contribution < -0.4 is 31.4 Å². The van der Waals surface area contributed by atoms with Crippen LogP contribution >= 0.6 is 0 Å². The number of hydrogen-bond donors (Lipinski definition) is 2. The topological polar surface area (TPSA) is 121 Å². The molecule has 4 aromatic rings. The van der Waals surface area contributed by atoms with Gasteiger partial charge in [-0.05, 0) is 42.3 Å². The number of carbonyl (C=O) groups excluding carboxylic acids is 2. The summed E-state index contributed by atoms with van der Waals surface area (Å²) < 4.78 is 13.1. The lowest BCUT2D eigenvalue weighted by atomic mass is 10.1. The normalized spacial score (nSPS) is 10.7. The molecule has 0 spiro atoms. The number of carbonyl (C=O) groups is 2. The first-order valence-corrected chi connectivity index (χ1v) is 12.5. The highest BCUT2D eigenvalue weighted by atomic mass is 16.5. The zero-order valence-corrected chi connectivity index (χ0v) is 22.0. The molecule has 202 valence electrons. The van der Waals surface area contributed by atoms with Crippen molar-refractivity contribution in [3.63, 3.8) is 0 Å². The van der Waals surface area contributed by atoms with E-state index in [0.717, 1.165) is 11.0 Å². The highest BCUT2D eigenvalue weighted by Gasteiger charge is 2.19. The molecule has 2 amide bonds. The molecular weight excluding hydrogens is 500 g/mol. The van der Waals surface area contributed by atoms with E-state index in [-0.39, 0.29) is 29.9 Å². The van der Waals surface area contributed by atoms with Crippen molar-refractivity contribution in [3.05, 3.63) is 98.7 Å². The molecule has 39 heavy (non-hydrogen) atoms. The number of aromatic nitrogens is 2. The highest BCUT2D eigenvalue weighted by molar-refractivity contribution is 5.94. The first-order valence-electron chi connectivity index (χ1n) is 12.5. The summed E-state index contributed by atoms with van der Waals surface area (Å²) in [4.78, 5) is 52.4. The molecule has 10 nitrogen and oxygen atoms in total. The lowest BCUT2D eigenvalue weighted by Gasteiger charge is -2.16. The Morgan fingerprint density at radius 1 is 0.872 bits per heavy atom. The molecule has 0 bridgehead atoms. The largest absolute Gasteiger partial charge is 0.493 e. The molecule has 0 saturated carbocycles. The van der Waals surface area contributed by atoms with Gasteiger partial charge in [-0.15, -0.1) is 0 Å². The van der Waals surface area contributed by atoms with E-state index in [2.05, 4.69) is 10.6 Å². The van der Waals surface area contributed by atoms with E-state index in [4.69, 9.17) is 9.47 Å². The summed E-state index contributed by atoms with van der Waals surface area (Å²) in [6.45, 7) is 2.14. The monoisotopic (exact) mass is 530 g/mol. The minimum absolute atomic E-state index is 0.0564. The van der Waals surface area contributed by atoms with E-state index in [1.54, 1.807) is 48.5 Å². The average Bonchev–Trinajstić information content (AvgIpc) is 2.96. The third-order valence-corrected chi connectivity index (χ3v) is 6.18. The van der Waals surface area contributed by atoms with E-state index >= 15 is 0 Å². The van der Waals surface area contributed by atoms with Crippen molar-refractivity contribution in [3.8, 4) is 11.5 Å². The van der Waals surface area contributed by atoms with Crippen LogP contribution in [0.1, 0.15) is 29.3 Å². The Balaban J connectivity index is 1.77. The number of anilines is 1. The fourth-order valence-corrected chi connectivity index (χ4v) is 4.19. The van der Waals surface area contributed by atoms with Gasteiger partial charge in [-0.1, -0.05) is 37.3 Å². The zero-order chi connectivity index (χ0) is 27.9. The van der Waals surface area contributed by atoms with Gasteiger partial charge in [-0.25, -0.2) is 4.79 Å². The van der Waals surface area contributed by atoms with Gasteiger partial charge in [0.05, 0.1) is 31.7 Å². The number of amides is 2. The van der Waals surface area contributed by atoms with Gasteiger partial charge in [0.25, 0.3) is 11.5 Å². The third kappa shape index (κ3) is 6.01. The van der Waals surface area contributed by atoms with Crippen molar-refractivity contribution in [2.75, 3.05) is 26.1 Å². The summed E-state index contributed by atoms with van der Waals surface area (Å²) in [5, 5.41) is 5.77. The minimum atomic E-state index is -0.660. The van der Waals surface area contributed by atoms with Crippen molar-refractivity contribution in [2.24, 2.45) is 0 Å². The number of ether oxygens (including phenoxy) is 2. The molecule has 10 heteroatoms. The van der Waals surface area contributed by atoms with Gasteiger partial charge in [0.15, 0.2) is 11.5 Å². The molecule has 0 aliphatic carbocycles. The van der Waals surface area contributed by atoms with E-state index < -0.39 is 17.2 Å². The van der Waals surface area contributed by atoms with Gasteiger partial charge in [0.1, 0.15) is 6.54 Å². The number of methoxy groups -OCH3 is 2. The summed E-state index contributed by atoms with van der Waals surface area (Å²) in [6, 6.07) is 18.6. The van der Waals surface area contributed by atoms with Gasteiger partial charge in [-0.3, -0.25) is 23.5 Å². The Labute approximate surface area is 224 Å². The van der Waals surface area contributed by atoms with Crippen molar-refractivity contribution < 1.29 is 19.1 Å². The minimum Gasteiger partial charge on any atom is -0.493 e. The zero-order valence-electron chi connectivity index (χ0n) is 22.0. The fourth-order valence-electron chi connectivity index (χ4n) is 4.19. The summed E-state index contributed by atoms with van der Waals surface area (Å²) in [6.07, 6.45) is 0.820. The Hall–Kier alpha value is -4.86. The number of para-hydroxylation sites is 1. The standard InChI is InChI=1S/C29H30N4O6/c1-4-14-30-27(35)20-12-10-19(11-13-20)17-33-28(36)22-15-24(38-2)25(39-3)16-23(22)32(29(33)37)18-26(34)31-21-8-6-5-7-9-21/h5-13,15-16H,4,14,17-18H2,1-3H3,(H,30,35)(H,31,34). The number of hydrogen-bond acceptors (Lipinski definition) is 6. The van der Waals surface area contributed by atoms with Gasteiger partial charge in [0.2, 0.25) is 5.91 Å². The van der Waals surface area contributed by atoms with Crippen LogP contribution in [0.15, 0.2) is 76.3 Å². The number of rotatable bonds is 10. The quantitative estimate of drug-likeness (QED) is 0.325. The van der Waals surface area contributed by atoms with Crippen LogP contribution in [0.3, 0.4) is 0 Å². The van der Waals surface area contributed by atoms with Crippen LogP contribution in [0, 0.1) is 0 Å². The molecule has 0 unspecified atom stereocenters. The average molecular weight is 531 g/mol. The molecule has 0 saturated heterocycles. The van der Waals surface area contributed by atoms with Crippen LogP contribution in [-0.2, 0) is 17.9 Å². The molecule has 4 rings (SSSR count). The van der Waals surface area contributed by atoms with Crippen LogP contribution in [-0.4, -0.2) is 41.7 Å². The summed E-state index contributed by atoms with van der Waals surface area (Å²) >= 11 is 0. The molecule has 2 N–H and O–H groups in total. The fraction of sp³-hybridized carbons (Fsp3) is 0.241. The van der Waals surface area contributed by atoms with Crippen molar-refractivity contribution in [2.45, 2.75) is 26.4 Å². The third-order valence-electron chi connectivity index (χ3n) is 6.18. The molecule has 1 heterocycles. The SMILES string of the molecule is CCCNC(=O)c1ccc(Cn2c(=O)c3cc(OC)c(OC)cc3n(CC(=O)Nc3ccccc3)c2=O)cc1. The molecule has 0 atom stereocenters. The molecular formula is C29H30N4O6. The maximum atomic E-state index is 13.7. The second-order valence-electron chi connectivity index (χ2n) is 8.85. The van der Waals surface area contributed by atoms with Crippen molar-refractivity contribution >= 4 is 28.4 Å². The van der Waals surface area contributed by atoms with E-state index in [9.17, 15) is 19.2 Å². The number of benzene rings is 3. The van der Waals surface area contributed by atoms with E-state index in [0.29, 0.717) is 34.9 Å². The second-order valence-corrected chi connectivity index (χ2v) is 8.85. The van der Waals surface area contributed by atoms with Gasteiger partial charge < -0.3 is 20.1 Å². The Morgan fingerprint density at radius 3 is 2.18 bits per heavy atom. The van der Waals surface area contributed by atoms with E-state index in [1.165, 1.54) is 30.9 Å². The summed E-state index contributed by atoms with van der Waals surface area (Å²) in [5.41, 5.74) is 0.736. The Morgan fingerprint density at radius 2 is 1.54 bits per heavy atom. The smallest absolute Gasteiger partial charge is 0.332 e. The molecule has 0 aliphatic rings. The lowest BCUT2D eigenvalue weighted by Crippen LogP contribution is -2.42. The molecule has 0 fully saturated rings. The molecule has 0 radical (unpaired) electrons. The Kier molecular flexibility index (Phi) is 8.45. The van der Waals surface area contributed by atoms with Crippen LogP contribution in [0.4, 0.5) is 5.69 Å². The maximum Gasteiger partial charge on any atom is 0.332 e. The van der Waals surface area contributed by atoms with Crippen LogP contribution in [0.2, 0.25) is 0 Å². The van der Waals surface area contributed by atoms with Crippen LogP contribution in [0.25, 0.3) is 10.9 Å². The highest BCUT2D eigenvalue weighted by Crippen LogP contribution is 2.30. The predicted octanol–water partition coefficient (Wildman–Crippen LogP) is 3.01. The van der Waals surface area contributed by atoms with Crippen molar-refractivity contribution in [1.82, 2.24) is 14.5 Å². The first-order chi connectivity index (χ1) is 18.9. The maximum absolute atomic E-state index is 13.7. The number of nitrogens with zero attached hydrogens (tertiary/aromatic N) is 2. The van der Waals surface area contributed by atoms with Gasteiger partial charge >= 0.3 is 5.69 Å². The molecule has 0 aliphatic heterocycles. The predicted molar refractivity (Wildman–Crippen MR) is 149 cm³/mol. The van der Waals surface area contributed by atoms with Gasteiger partial charge in [-0.2, -0.15) is 0 Å². The number of nitrogens with one attached hydrogen (secondary N) is 2. The lowest BCUT2D eigenvalue weighted by molar-refractivity contribution is -0.116.